The lowest BCUT2D eigenvalue weighted by Crippen LogP contribution is -2.38. The minimum absolute atomic E-state index is 0.0425. The van der Waals surface area contributed by atoms with Crippen molar-refractivity contribution in [2.24, 2.45) is 0 Å². The van der Waals surface area contributed by atoms with Gasteiger partial charge in [-0.25, -0.2) is 8.42 Å². The highest BCUT2D eigenvalue weighted by Crippen LogP contribution is 2.39. The maximum Gasteiger partial charge on any atom is 0.307 e. The Morgan fingerprint density at radius 1 is 1.50 bits per heavy atom. The van der Waals surface area contributed by atoms with Gasteiger partial charge in [0.25, 0.3) is 9.05 Å². The number of rotatable bonds is 3. The molecule has 1 heterocycles. The van der Waals surface area contributed by atoms with Crippen molar-refractivity contribution in [2.45, 2.75) is 43.6 Å². The fourth-order valence-electron chi connectivity index (χ4n) is 2.42. The molecule has 1 aromatic carbocycles. The van der Waals surface area contributed by atoms with Crippen molar-refractivity contribution >= 4 is 25.7 Å². The number of carbonyl (C=O) groups is 1. The number of carboxylic acids is 1. The molecule has 0 spiro atoms. The molecule has 0 fully saturated rings. The van der Waals surface area contributed by atoms with Crippen molar-refractivity contribution < 1.29 is 23.1 Å². The van der Waals surface area contributed by atoms with E-state index in [0.717, 1.165) is 5.56 Å². The van der Waals surface area contributed by atoms with Crippen molar-refractivity contribution in [3.63, 3.8) is 0 Å². The molecule has 1 N–H and O–H groups in total. The van der Waals surface area contributed by atoms with Crippen LogP contribution >= 0.6 is 10.7 Å². The van der Waals surface area contributed by atoms with Crippen molar-refractivity contribution in [1.29, 1.82) is 0 Å². The number of aryl methyl sites for hydroxylation is 2. The topological polar surface area (TPSA) is 80.7 Å². The van der Waals surface area contributed by atoms with Gasteiger partial charge in [0.05, 0.1) is 11.3 Å². The number of carboxylic acid groups (broad SMARTS) is 1. The Morgan fingerprint density at radius 3 is 2.70 bits per heavy atom. The number of fused-ring (bicyclic) bond motifs is 1. The van der Waals surface area contributed by atoms with Crippen LogP contribution in [0.15, 0.2) is 17.0 Å². The van der Waals surface area contributed by atoms with E-state index in [1.807, 2.05) is 0 Å². The predicted molar refractivity (Wildman–Crippen MR) is 73.8 cm³/mol. The lowest BCUT2D eigenvalue weighted by molar-refractivity contribution is -0.141. The Labute approximate surface area is 121 Å². The quantitative estimate of drug-likeness (QED) is 0.866. The van der Waals surface area contributed by atoms with E-state index in [2.05, 4.69) is 0 Å². The lowest BCUT2D eigenvalue weighted by Gasteiger charge is -2.35. The van der Waals surface area contributed by atoms with Crippen LogP contribution in [0.2, 0.25) is 0 Å². The monoisotopic (exact) mass is 318 g/mol. The molecule has 0 radical (unpaired) electrons. The summed E-state index contributed by atoms with van der Waals surface area (Å²) in [7, 11) is 1.57. The molecule has 110 valence electrons. The van der Waals surface area contributed by atoms with E-state index in [1.165, 1.54) is 12.1 Å². The van der Waals surface area contributed by atoms with E-state index in [9.17, 15) is 13.2 Å². The summed E-state index contributed by atoms with van der Waals surface area (Å²) in [4.78, 5) is 10.9. The van der Waals surface area contributed by atoms with E-state index in [0.29, 0.717) is 24.2 Å². The third kappa shape index (κ3) is 3.07. The van der Waals surface area contributed by atoms with Gasteiger partial charge in [-0.2, -0.15) is 0 Å². The van der Waals surface area contributed by atoms with Gasteiger partial charge >= 0.3 is 5.97 Å². The fourth-order valence-corrected chi connectivity index (χ4v) is 3.29. The molecule has 1 unspecified atom stereocenters. The molecular weight excluding hydrogens is 304 g/mol. The molecule has 0 saturated carbocycles. The maximum atomic E-state index is 11.4. The fraction of sp³-hybridized carbons (Fsp3) is 0.462. The molecule has 1 aliphatic rings. The Bertz CT molecular complexity index is 668. The summed E-state index contributed by atoms with van der Waals surface area (Å²) in [5, 5.41) is 8.92. The minimum atomic E-state index is -3.78. The molecule has 5 nitrogen and oxygen atoms in total. The molecular formula is C13H15ClO5S. The van der Waals surface area contributed by atoms with Crippen LogP contribution in [0.4, 0.5) is 0 Å². The number of hydrogen-bond donors (Lipinski definition) is 1. The first-order valence-electron chi connectivity index (χ1n) is 6.10. The predicted octanol–water partition coefficient (Wildman–Crippen LogP) is 2.48. The summed E-state index contributed by atoms with van der Waals surface area (Å²) in [6.45, 7) is 3.46. The summed E-state index contributed by atoms with van der Waals surface area (Å²) < 4.78 is 28.6. The third-order valence-electron chi connectivity index (χ3n) is 3.40. The van der Waals surface area contributed by atoms with Gasteiger partial charge < -0.3 is 9.84 Å². The van der Waals surface area contributed by atoms with Gasteiger partial charge in [-0.3, -0.25) is 4.79 Å². The van der Waals surface area contributed by atoms with Gasteiger partial charge in [0.15, 0.2) is 0 Å². The van der Waals surface area contributed by atoms with Gasteiger partial charge in [0.2, 0.25) is 0 Å². The Hall–Kier alpha value is -1.27. The number of aliphatic carboxylic acids is 1. The first-order valence-corrected chi connectivity index (χ1v) is 8.41. The SMILES string of the molecule is Cc1cc(S(=O)(=O)Cl)cc2c1OC(C)(CC(=O)O)CC2. The molecule has 7 heteroatoms. The van der Waals surface area contributed by atoms with E-state index >= 15 is 0 Å². The second-order valence-corrected chi connectivity index (χ2v) is 7.85. The zero-order valence-electron chi connectivity index (χ0n) is 11.1. The van der Waals surface area contributed by atoms with Crippen LogP contribution < -0.4 is 4.74 Å². The van der Waals surface area contributed by atoms with E-state index < -0.39 is 20.6 Å². The summed E-state index contributed by atoms with van der Waals surface area (Å²) in [5.74, 6) is -0.363. The largest absolute Gasteiger partial charge is 0.486 e. The standard InChI is InChI=1S/C13H15ClO5S/c1-8-5-10(20(14,17)18)6-9-3-4-13(2,7-11(15)16)19-12(8)9/h5-6H,3-4,7H2,1-2H3,(H,15,16). The summed E-state index contributed by atoms with van der Waals surface area (Å²) in [6.07, 6.45) is 0.971. The van der Waals surface area contributed by atoms with Gasteiger partial charge in [0.1, 0.15) is 11.4 Å². The van der Waals surface area contributed by atoms with Crippen molar-refractivity contribution in [2.75, 3.05) is 0 Å². The molecule has 0 bridgehead atoms. The molecule has 1 aliphatic heterocycles. The smallest absolute Gasteiger partial charge is 0.307 e. The van der Waals surface area contributed by atoms with Crippen molar-refractivity contribution in [3.8, 4) is 5.75 Å². The Kier molecular flexibility index (Phi) is 3.73. The number of benzene rings is 1. The third-order valence-corrected chi connectivity index (χ3v) is 4.74. The number of ether oxygens (including phenoxy) is 1. The molecule has 1 aromatic rings. The molecule has 20 heavy (non-hydrogen) atoms. The van der Waals surface area contributed by atoms with Gasteiger partial charge in [-0.15, -0.1) is 0 Å². The summed E-state index contributed by atoms with van der Waals surface area (Å²) >= 11 is 0. The van der Waals surface area contributed by atoms with Crippen LogP contribution in [0.25, 0.3) is 0 Å². The first-order chi connectivity index (χ1) is 9.11. The average molecular weight is 319 g/mol. The molecule has 0 aromatic heterocycles. The molecule has 0 amide bonds. The lowest BCUT2D eigenvalue weighted by atomic mass is 9.89. The van der Waals surface area contributed by atoms with E-state index in [-0.39, 0.29) is 11.3 Å². The minimum Gasteiger partial charge on any atom is -0.486 e. The van der Waals surface area contributed by atoms with Crippen LogP contribution in [-0.2, 0) is 20.3 Å². The molecule has 0 aliphatic carbocycles. The molecule has 0 saturated heterocycles. The first kappa shape index (κ1) is 15.1. The number of halogens is 1. The second-order valence-electron chi connectivity index (χ2n) is 5.29. The highest BCUT2D eigenvalue weighted by Gasteiger charge is 2.35. The van der Waals surface area contributed by atoms with Gasteiger partial charge in [-0.1, -0.05) is 0 Å². The van der Waals surface area contributed by atoms with E-state index in [1.54, 1.807) is 13.8 Å². The van der Waals surface area contributed by atoms with Crippen molar-refractivity contribution in [1.82, 2.24) is 0 Å². The van der Waals surface area contributed by atoms with Crippen LogP contribution in [0.3, 0.4) is 0 Å². The number of hydrogen-bond acceptors (Lipinski definition) is 4. The normalized spacial score (nSPS) is 21.9. The van der Waals surface area contributed by atoms with Gasteiger partial charge in [-0.05, 0) is 49.9 Å². The van der Waals surface area contributed by atoms with Crippen LogP contribution in [0.5, 0.6) is 5.75 Å². The molecule has 1 atom stereocenters. The van der Waals surface area contributed by atoms with Crippen LogP contribution in [-0.4, -0.2) is 25.1 Å². The second kappa shape index (κ2) is 4.93. The Balaban J connectivity index is 2.42. The van der Waals surface area contributed by atoms with Crippen LogP contribution in [0, 0.1) is 6.92 Å². The van der Waals surface area contributed by atoms with Crippen LogP contribution in [0.1, 0.15) is 30.9 Å². The summed E-state index contributed by atoms with van der Waals surface area (Å²) in [5.41, 5.74) is 0.607. The Morgan fingerprint density at radius 2 is 2.15 bits per heavy atom. The highest BCUT2D eigenvalue weighted by atomic mass is 35.7. The van der Waals surface area contributed by atoms with Gasteiger partial charge in [0, 0.05) is 10.7 Å². The maximum absolute atomic E-state index is 11.4. The van der Waals surface area contributed by atoms with Crippen molar-refractivity contribution in [3.05, 3.63) is 23.3 Å². The van der Waals surface area contributed by atoms with E-state index in [4.69, 9.17) is 20.5 Å². The zero-order chi connectivity index (χ0) is 15.1. The average Bonchev–Trinajstić information content (AvgIpc) is 2.27. The summed E-state index contributed by atoms with van der Waals surface area (Å²) in [6, 6.07) is 2.93. The molecule has 2 rings (SSSR count). The zero-order valence-corrected chi connectivity index (χ0v) is 12.7. The highest BCUT2D eigenvalue weighted by molar-refractivity contribution is 8.13.